The largest absolute Gasteiger partial charge is 0.493 e. The lowest BCUT2D eigenvalue weighted by Crippen LogP contribution is -2.34. The second-order valence-corrected chi connectivity index (χ2v) is 9.34. The van der Waals surface area contributed by atoms with Gasteiger partial charge in [-0.05, 0) is 37.6 Å². The summed E-state index contributed by atoms with van der Waals surface area (Å²) in [5, 5.41) is 13.9. The molecule has 2 aromatic rings. The van der Waals surface area contributed by atoms with Gasteiger partial charge in [-0.1, -0.05) is 31.5 Å². The topological polar surface area (TPSA) is 87.6 Å². The molecule has 1 atom stereocenters. The number of rotatable bonds is 11. The Morgan fingerprint density at radius 1 is 1.06 bits per heavy atom. The highest BCUT2D eigenvalue weighted by Gasteiger charge is 2.33. The van der Waals surface area contributed by atoms with E-state index in [-0.39, 0.29) is 25.4 Å². The average molecular weight is 476 g/mol. The van der Waals surface area contributed by atoms with Crippen molar-refractivity contribution in [3.63, 3.8) is 0 Å². The van der Waals surface area contributed by atoms with E-state index in [0.29, 0.717) is 36.0 Å². The van der Waals surface area contributed by atoms with Crippen molar-refractivity contribution in [2.75, 3.05) is 52.7 Å². The normalized spacial score (nSPS) is 16.7. The van der Waals surface area contributed by atoms with Crippen LogP contribution in [-0.2, 0) is 14.2 Å². The van der Waals surface area contributed by atoms with E-state index >= 15 is 0 Å². The summed E-state index contributed by atoms with van der Waals surface area (Å²) in [6.45, 7) is 9.71. The van der Waals surface area contributed by atoms with E-state index in [1.165, 1.54) is 5.56 Å². The minimum absolute atomic E-state index is 0.0391. The highest BCUT2D eigenvalue weighted by molar-refractivity contribution is 5.63. The summed E-state index contributed by atoms with van der Waals surface area (Å²) in [7, 11) is 3.13. The van der Waals surface area contributed by atoms with Crippen LogP contribution in [0.4, 0.5) is 5.69 Å². The summed E-state index contributed by atoms with van der Waals surface area (Å²) in [5.74, 6) is 1.77. The van der Waals surface area contributed by atoms with Crippen molar-refractivity contribution in [1.29, 1.82) is 0 Å². The van der Waals surface area contributed by atoms with Crippen LogP contribution in [0.15, 0.2) is 30.3 Å². The van der Waals surface area contributed by atoms with Crippen LogP contribution >= 0.6 is 0 Å². The fraction of sp³-hybridized carbons (Fsp3) is 0.538. The van der Waals surface area contributed by atoms with Gasteiger partial charge in [0.1, 0.15) is 18.5 Å². The maximum Gasteiger partial charge on any atom is 0.189 e. The molecular formula is C26H37NO7. The second-order valence-electron chi connectivity index (χ2n) is 9.34. The number of aryl methyl sites for hydroxylation is 2. The summed E-state index contributed by atoms with van der Waals surface area (Å²) in [5.41, 5.74) is 3.49. The van der Waals surface area contributed by atoms with Crippen LogP contribution in [-0.4, -0.2) is 58.6 Å². The minimum Gasteiger partial charge on any atom is -0.493 e. The van der Waals surface area contributed by atoms with Crippen LogP contribution in [0.25, 0.3) is 0 Å². The summed E-state index contributed by atoms with van der Waals surface area (Å²) in [4.78, 5) is 0. The first-order valence-electron chi connectivity index (χ1n) is 11.4. The Labute approximate surface area is 202 Å². The van der Waals surface area contributed by atoms with Crippen molar-refractivity contribution in [3.8, 4) is 17.2 Å². The number of ether oxygens (including phenoxy) is 6. The Balaban J connectivity index is 1.75. The molecule has 2 aromatic carbocycles. The molecule has 3 rings (SSSR count). The molecule has 1 aliphatic heterocycles. The van der Waals surface area contributed by atoms with E-state index in [1.807, 2.05) is 32.0 Å². The molecule has 1 aliphatic rings. The first-order valence-corrected chi connectivity index (χ1v) is 11.4. The Hall–Kier alpha value is -2.52. The van der Waals surface area contributed by atoms with Gasteiger partial charge >= 0.3 is 0 Å². The van der Waals surface area contributed by atoms with Gasteiger partial charge in [-0.15, -0.1) is 0 Å². The summed E-state index contributed by atoms with van der Waals surface area (Å²) >= 11 is 0. The van der Waals surface area contributed by atoms with Gasteiger partial charge in [0.25, 0.3) is 0 Å². The molecule has 1 fully saturated rings. The number of aliphatic hydroxyl groups is 1. The Kier molecular flexibility index (Phi) is 9.02. The van der Waals surface area contributed by atoms with Crippen LogP contribution in [0, 0.1) is 19.3 Å². The first-order chi connectivity index (χ1) is 16.2. The Morgan fingerprint density at radius 3 is 2.41 bits per heavy atom. The molecule has 0 amide bonds. The lowest BCUT2D eigenvalue weighted by Gasteiger charge is -2.36. The molecule has 0 radical (unpaired) electrons. The number of aliphatic hydroxyl groups excluding tert-OH is 1. The molecule has 0 spiro atoms. The van der Waals surface area contributed by atoms with E-state index in [1.54, 1.807) is 20.3 Å². The van der Waals surface area contributed by atoms with Crippen LogP contribution in [0.1, 0.15) is 36.8 Å². The summed E-state index contributed by atoms with van der Waals surface area (Å²) in [6, 6.07) is 9.62. The maximum atomic E-state index is 10.6. The van der Waals surface area contributed by atoms with Crippen LogP contribution in [0.3, 0.4) is 0 Å². The molecule has 8 nitrogen and oxygen atoms in total. The molecule has 0 saturated carbocycles. The lowest BCUT2D eigenvalue weighted by atomic mass is 9.95. The van der Waals surface area contributed by atoms with Gasteiger partial charge in [-0.3, -0.25) is 0 Å². The zero-order valence-electron chi connectivity index (χ0n) is 21.0. The van der Waals surface area contributed by atoms with Gasteiger partial charge in [0.15, 0.2) is 24.6 Å². The highest BCUT2D eigenvalue weighted by atomic mass is 16.7. The molecule has 0 bridgehead atoms. The van der Waals surface area contributed by atoms with Gasteiger partial charge in [0.05, 0.1) is 25.9 Å². The first kappa shape index (κ1) is 26.1. The fourth-order valence-corrected chi connectivity index (χ4v) is 3.69. The molecule has 0 aliphatic carbocycles. The predicted molar refractivity (Wildman–Crippen MR) is 130 cm³/mol. The summed E-state index contributed by atoms with van der Waals surface area (Å²) in [6.07, 6.45) is -1.40. The number of hydrogen-bond acceptors (Lipinski definition) is 8. The number of hydrogen-bond donors (Lipinski definition) is 2. The predicted octanol–water partition coefficient (Wildman–Crippen LogP) is 4.22. The van der Waals surface area contributed by atoms with Crippen molar-refractivity contribution < 1.29 is 33.5 Å². The third kappa shape index (κ3) is 6.76. The van der Waals surface area contributed by atoms with Crippen molar-refractivity contribution in [2.24, 2.45) is 5.41 Å². The van der Waals surface area contributed by atoms with Crippen LogP contribution < -0.4 is 19.5 Å². The molecule has 1 heterocycles. The Morgan fingerprint density at radius 2 is 1.76 bits per heavy atom. The zero-order valence-corrected chi connectivity index (χ0v) is 21.0. The van der Waals surface area contributed by atoms with Crippen LogP contribution in [0.2, 0.25) is 0 Å². The maximum absolute atomic E-state index is 10.6. The molecule has 0 aromatic heterocycles. The number of methoxy groups -OCH3 is 2. The minimum atomic E-state index is -0.744. The molecule has 188 valence electrons. The third-order valence-corrected chi connectivity index (χ3v) is 5.48. The van der Waals surface area contributed by atoms with Crippen molar-refractivity contribution in [1.82, 2.24) is 0 Å². The molecular weight excluding hydrogens is 438 g/mol. The van der Waals surface area contributed by atoms with E-state index in [0.717, 1.165) is 11.3 Å². The number of anilines is 1. The molecule has 8 heteroatoms. The van der Waals surface area contributed by atoms with Gasteiger partial charge in [-0.25, -0.2) is 0 Å². The van der Waals surface area contributed by atoms with Gasteiger partial charge in [0.2, 0.25) is 0 Å². The highest BCUT2D eigenvalue weighted by Crippen LogP contribution is 2.44. The quantitative estimate of drug-likeness (QED) is 0.467. The molecule has 2 N–H and O–H groups in total. The molecule has 34 heavy (non-hydrogen) atoms. The standard InChI is InChI=1S/C26H37NO7/c1-17-7-9-21(18(2)11-17)31-13-19(28)12-27-20-8-10-22(30-6)24(34-16-29-5)23(20)25-32-14-26(3,4)15-33-25/h7-11,19,25,27-28H,12-16H2,1-6H3. The van der Waals surface area contributed by atoms with E-state index in [9.17, 15) is 5.11 Å². The number of benzene rings is 2. The summed E-state index contributed by atoms with van der Waals surface area (Å²) < 4.78 is 34.4. The fourth-order valence-electron chi connectivity index (χ4n) is 3.69. The smallest absolute Gasteiger partial charge is 0.189 e. The SMILES string of the molecule is COCOc1c(OC)ccc(NCC(O)COc2ccc(C)cc2C)c1C1OCC(C)(C)CO1. The van der Waals surface area contributed by atoms with Crippen molar-refractivity contribution in [2.45, 2.75) is 40.1 Å². The lowest BCUT2D eigenvalue weighted by molar-refractivity contribution is -0.226. The van der Waals surface area contributed by atoms with Gasteiger partial charge in [-0.2, -0.15) is 0 Å². The number of nitrogens with one attached hydrogen (secondary N) is 1. The van der Waals surface area contributed by atoms with Crippen molar-refractivity contribution in [3.05, 3.63) is 47.0 Å². The third-order valence-electron chi connectivity index (χ3n) is 5.48. The second kappa shape index (κ2) is 11.8. The Bertz CT molecular complexity index is 937. The van der Waals surface area contributed by atoms with Gasteiger partial charge in [0, 0.05) is 24.8 Å². The molecule has 1 saturated heterocycles. The van der Waals surface area contributed by atoms with E-state index in [4.69, 9.17) is 28.4 Å². The van der Waals surface area contributed by atoms with Crippen molar-refractivity contribution >= 4 is 5.69 Å². The molecule has 1 unspecified atom stereocenters. The zero-order chi connectivity index (χ0) is 24.7. The van der Waals surface area contributed by atoms with E-state index in [2.05, 4.69) is 25.2 Å². The average Bonchev–Trinajstić information content (AvgIpc) is 2.80. The monoisotopic (exact) mass is 475 g/mol. The van der Waals surface area contributed by atoms with Crippen LogP contribution in [0.5, 0.6) is 17.2 Å². The van der Waals surface area contributed by atoms with E-state index < -0.39 is 12.4 Å². The van der Waals surface area contributed by atoms with Gasteiger partial charge < -0.3 is 38.8 Å².